The third kappa shape index (κ3) is 176. The maximum atomic E-state index is 4.00. The summed E-state index contributed by atoms with van der Waals surface area (Å²) in [6, 6.07) is 0. The van der Waals surface area contributed by atoms with Crippen molar-refractivity contribution in [2.24, 2.45) is 11.7 Å². The van der Waals surface area contributed by atoms with Crippen LogP contribution >= 0.6 is 0 Å². The fourth-order valence-corrected chi connectivity index (χ4v) is 0. The number of hydrogen-bond acceptors (Lipinski definition) is 5. The van der Waals surface area contributed by atoms with Gasteiger partial charge >= 0.3 is 0 Å². The molecule has 0 bridgehead atoms. The second kappa shape index (κ2) is 53.0. The van der Waals surface area contributed by atoms with Gasteiger partial charge in [-0.1, -0.05) is 20.8 Å². The van der Waals surface area contributed by atoms with Crippen LogP contribution in [0.15, 0.2) is 0 Å². The quantitative estimate of drug-likeness (QED) is 0.319. The molecular formula is C9H31N5. The van der Waals surface area contributed by atoms with Gasteiger partial charge in [0.15, 0.2) is 0 Å². The van der Waals surface area contributed by atoms with Gasteiger partial charge in [-0.3, -0.25) is 11.7 Å². The van der Waals surface area contributed by atoms with E-state index in [4.69, 9.17) is 0 Å². The highest BCUT2D eigenvalue weighted by molar-refractivity contribution is 4.16. The first-order valence-electron chi connectivity index (χ1n) is 5.02. The van der Waals surface area contributed by atoms with Crippen molar-refractivity contribution in [3.8, 4) is 0 Å². The van der Waals surface area contributed by atoms with Crippen molar-refractivity contribution in [1.82, 2.24) is 16.0 Å². The van der Waals surface area contributed by atoms with Crippen molar-refractivity contribution < 1.29 is 0 Å². The Kier molecular flexibility index (Phi) is 89.1. The van der Waals surface area contributed by atoms with E-state index in [9.17, 15) is 0 Å². The maximum Gasteiger partial charge on any atom is -0.00804 e. The molecule has 14 heavy (non-hydrogen) atoms. The van der Waals surface area contributed by atoms with Crippen LogP contribution in [0.3, 0.4) is 0 Å². The zero-order valence-corrected chi connectivity index (χ0v) is 10.8. The Balaban J connectivity index is -0.0000000492. The van der Waals surface area contributed by atoms with Crippen LogP contribution in [-0.4, -0.2) is 40.8 Å². The van der Waals surface area contributed by atoms with Crippen LogP contribution in [-0.2, 0) is 0 Å². The van der Waals surface area contributed by atoms with E-state index >= 15 is 0 Å². The molecule has 0 aromatic rings. The maximum absolute atomic E-state index is 4.00. The van der Waals surface area contributed by atoms with Gasteiger partial charge < -0.3 is 16.0 Å². The summed E-state index contributed by atoms with van der Waals surface area (Å²) in [7, 11) is 5.79. The molecule has 0 aromatic carbocycles. The van der Waals surface area contributed by atoms with Crippen molar-refractivity contribution in [2.45, 2.75) is 20.8 Å². The third-order valence-corrected chi connectivity index (χ3v) is 1.06. The molecule has 0 saturated carbocycles. The standard InChI is InChI=1S/3C3H9N.H4N2/c3*1-3-4-2;1-2/h3*4H,3H2,1-2H3;1-2H2. The Hall–Kier alpha value is -0.200. The fraction of sp³-hybridized carbons (Fsp3) is 1.00. The molecule has 0 spiro atoms. The van der Waals surface area contributed by atoms with E-state index in [1.54, 1.807) is 0 Å². The molecule has 0 rings (SSSR count). The Morgan fingerprint density at radius 3 is 0.714 bits per heavy atom. The average Bonchev–Trinajstić information content (AvgIpc) is 2.31. The summed E-state index contributed by atoms with van der Waals surface area (Å²) < 4.78 is 0. The summed E-state index contributed by atoms with van der Waals surface area (Å²) in [6.07, 6.45) is 0. The highest BCUT2D eigenvalue weighted by Gasteiger charge is 1.51. The van der Waals surface area contributed by atoms with E-state index in [0.29, 0.717) is 0 Å². The predicted octanol–water partition coefficient (Wildman–Crippen LogP) is -0.504. The van der Waals surface area contributed by atoms with Gasteiger partial charge in [0.05, 0.1) is 0 Å². The molecule has 7 N–H and O–H groups in total. The minimum Gasteiger partial charge on any atom is -0.320 e. The van der Waals surface area contributed by atoms with E-state index in [0.717, 1.165) is 19.6 Å². The van der Waals surface area contributed by atoms with Crippen molar-refractivity contribution in [1.29, 1.82) is 0 Å². The van der Waals surface area contributed by atoms with E-state index in [1.807, 2.05) is 21.1 Å². The van der Waals surface area contributed by atoms with Crippen LogP contribution in [0, 0.1) is 0 Å². The van der Waals surface area contributed by atoms with E-state index in [1.165, 1.54) is 0 Å². The molecule has 0 aliphatic carbocycles. The highest BCUT2D eigenvalue weighted by Crippen LogP contribution is 1.35. The Bertz CT molecular complexity index is 28.7. The first kappa shape index (κ1) is 23.5. The fourth-order valence-electron chi connectivity index (χ4n) is 0. The molecule has 0 aliphatic heterocycles. The van der Waals surface area contributed by atoms with Gasteiger partial charge in [-0.25, -0.2) is 0 Å². The Morgan fingerprint density at radius 2 is 0.714 bits per heavy atom. The first-order valence-corrected chi connectivity index (χ1v) is 5.02. The van der Waals surface area contributed by atoms with Gasteiger partial charge in [0.2, 0.25) is 0 Å². The molecule has 0 unspecified atom stereocenters. The molecule has 0 radical (unpaired) electrons. The lowest BCUT2D eigenvalue weighted by atomic mass is 10.8. The molecule has 0 amide bonds. The van der Waals surface area contributed by atoms with Crippen LogP contribution in [0.25, 0.3) is 0 Å². The van der Waals surface area contributed by atoms with Crippen LogP contribution in [0.1, 0.15) is 20.8 Å². The monoisotopic (exact) mass is 209 g/mol. The molecule has 0 saturated heterocycles. The molecule has 0 atom stereocenters. The summed E-state index contributed by atoms with van der Waals surface area (Å²) >= 11 is 0. The van der Waals surface area contributed by atoms with E-state index in [2.05, 4.69) is 48.4 Å². The number of nitrogens with one attached hydrogen (secondary N) is 3. The lowest BCUT2D eigenvalue weighted by Crippen LogP contribution is -2.02. The molecule has 0 fully saturated rings. The average molecular weight is 209 g/mol. The van der Waals surface area contributed by atoms with Crippen molar-refractivity contribution in [2.75, 3.05) is 40.8 Å². The van der Waals surface area contributed by atoms with Crippen LogP contribution in [0.5, 0.6) is 0 Å². The van der Waals surface area contributed by atoms with E-state index < -0.39 is 0 Å². The smallest absolute Gasteiger partial charge is 0.00804 e. The summed E-state index contributed by atoms with van der Waals surface area (Å²) in [5, 5.41) is 8.79. The minimum absolute atomic E-state index is 1.07. The third-order valence-electron chi connectivity index (χ3n) is 1.06. The van der Waals surface area contributed by atoms with Gasteiger partial charge in [-0.05, 0) is 40.8 Å². The molecule has 0 heterocycles. The van der Waals surface area contributed by atoms with Crippen LogP contribution in [0.4, 0.5) is 0 Å². The molecule has 92 valence electrons. The molecule has 0 aliphatic rings. The highest BCUT2D eigenvalue weighted by atomic mass is 15.0. The second-order valence-electron chi connectivity index (χ2n) is 2.12. The van der Waals surface area contributed by atoms with Gasteiger partial charge in [0.25, 0.3) is 0 Å². The summed E-state index contributed by atoms with van der Waals surface area (Å²) in [5.41, 5.74) is 0. The molecular weight excluding hydrogens is 178 g/mol. The van der Waals surface area contributed by atoms with Crippen LogP contribution in [0.2, 0.25) is 0 Å². The lowest BCUT2D eigenvalue weighted by Gasteiger charge is -1.76. The van der Waals surface area contributed by atoms with E-state index in [-0.39, 0.29) is 0 Å². The second-order valence-corrected chi connectivity index (χ2v) is 2.12. The van der Waals surface area contributed by atoms with Crippen molar-refractivity contribution in [3.05, 3.63) is 0 Å². The topological polar surface area (TPSA) is 88.1 Å². The largest absolute Gasteiger partial charge is 0.320 e. The normalized spacial score (nSPS) is 6.86. The summed E-state index contributed by atoms with van der Waals surface area (Å²) in [4.78, 5) is 0. The lowest BCUT2D eigenvalue weighted by molar-refractivity contribution is 0.863. The predicted molar refractivity (Wildman–Crippen MR) is 67.2 cm³/mol. The SMILES string of the molecule is CCNC.CCNC.CCNC.NN. The van der Waals surface area contributed by atoms with Crippen LogP contribution < -0.4 is 27.6 Å². The number of nitrogens with two attached hydrogens (primary N) is 2. The number of rotatable bonds is 3. The Labute approximate surface area is 90.0 Å². The van der Waals surface area contributed by atoms with Crippen molar-refractivity contribution >= 4 is 0 Å². The molecule has 0 aromatic heterocycles. The van der Waals surface area contributed by atoms with Crippen molar-refractivity contribution in [3.63, 3.8) is 0 Å². The zero-order valence-electron chi connectivity index (χ0n) is 10.8. The van der Waals surface area contributed by atoms with Gasteiger partial charge in [0, 0.05) is 0 Å². The summed E-state index contributed by atoms with van der Waals surface area (Å²) in [5.74, 6) is 8.00. The number of hydrogen-bond donors (Lipinski definition) is 5. The van der Waals surface area contributed by atoms with Gasteiger partial charge in [-0.15, -0.1) is 0 Å². The first-order chi connectivity index (χ1) is 6.74. The molecule has 5 nitrogen and oxygen atoms in total. The minimum atomic E-state index is 1.07. The number of hydrazine groups is 1. The Morgan fingerprint density at radius 1 is 0.643 bits per heavy atom. The van der Waals surface area contributed by atoms with Gasteiger partial charge in [-0.2, -0.15) is 0 Å². The summed E-state index contributed by atoms with van der Waals surface area (Å²) in [6.45, 7) is 9.42. The molecule has 5 heteroatoms. The van der Waals surface area contributed by atoms with Gasteiger partial charge in [0.1, 0.15) is 0 Å². The zero-order chi connectivity index (χ0) is 12.2.